The van der Waals surface area contributed by atoms with E-state index in [1.807, 2.05) is 19.9 Å². The molecule has 0 unspecified atom stereocenters. The molecule has 180 valence electrons. The van der Waals surface area contributed by atoms with Crippen molar-refractivity contribution in [1.29, 1.82) is 0 Å². The van der Waals surface area contributed by atoms with Crippen molar-refractivity contribution < 1.29 is 8.78 Å². The number of aromatic nitrogens is 4. The number of hydrogen-bond acceptors (Lipinski definition) is 5. The van der Waals surface area contributed by atoms with Crippen LogP contribution in [-0.4, -0.2) is 33.0 Å². The average molecular weight is 496 g/mol. The van der Waals surface area contributed by atoms with Crippen molar-refractivity contribution in [3.8, 4) is 22.8 Å². The lowest BCUT2D eigenvalue weighted by Crippen LogP contribution is -2.19. The van der Waals surface area contributed by atoms with Crippen LogP contribution >= 0.6 is 11.6 Å². The molecule has 0 spiro atoms. The van der Waals surface area contributed by atoms with E-state index in [0.29, 0.717) is 17.2 Å². The maximum Gasteiger partial charge on any atom is 0.269 e. The zero-order valence-corrected chi connectivity index (χ0v) is 20.1. The number of benzene rings is 2. The Bertz CT molecular complexity index is 1400. The molecule has 0 radical (unpaired) electrons. The number of nitrogens with zero attached hydrogens (tertiary/aromatic N) is 4. The molecular weight excluding hydrogens is 472 g/mol. The van der Waals surface area contributed by atoms with Crippen LogP contribution in [0.1, 0.15) is 24.0 Å². The first-order valence-electron chi connectivity index (χ1n) is 11.2. The third-order valence-corrected chi connectivity index (χ3v) is 5.99. The molecule has 3 heterocycles. The fraction of sp³-hybridized carbons (Fsp3) is 0.231. The van der Waals surface area contributed by atoms with Crippen LogP contribution in [0.15, 0.2) is 59.7 Å². The van der Waals surface area contributed by atoms with Crippen LogP contribution in [0.4, 0.5) is 14.6 Å². The Balaban J connectivity index is 0.000000168. The molecule has 1 fully saturated rings. The number of rotatable bonds is 3. The van der Waals surface area contributed by atoms with Crippen LogP contribution in [0.2, 0.25) is 5.02 Å². The van der Waals surface area contributed by atoms with E-state index in [1.54, 1.807) is 18.3 Å². The fourth-order valence-corrected chi connectivity index (χ4v) is 3.90. The Morgan fingerprint density at radius 1 is 0.914 bits per heavy atom. The number of H-pyrrole nitrogens is 1. The predicted octanol–water partition coefficient (Wildman–Crippen LogP) is 5.73. The second-order valence-electron chi connectivity index (χ2n) is 8.26. The van der Waals surface area contributed by atoms with Gasteiger partial charge in [-0.25, -0.2) is 23.7 Å². The van der Waals surface area contributed by atoms with Gasteiger partial charge in [0.1, 0.15) is 28.3 Å². The summed E-state index contributed by atoms with van der Waals surface area (Å²) >= 11 is 5.56. The van der Waals surface area contributed by atoms with Gasteiger partial charge < -0.3 is 9.88 Å². The Kier molecular flexibility index (Phi) is 7.51. The molecule has 5 rings (SSSR count). The van der Waals surface area contributed by atoms with Gasteiger partial charge in [-0.05, 0) is 68.1 Å². The summed E-state index contributed by atoms with van der Waals surface area (Å²) in [6.07, 6.45) is 5.41. The third-order valence-electron chi connectivity index (χ3n) is 5.72. The van der Waals surface area contributed by atoms with Crippen molar-refractivity contribution in [2.75, 3.05) is 18.0 Å². The van der Waals surface area contributed by atoms with Gasteiger partial charge >= 0.3 is 0 Å². The van der Waals surface area contributed by atoms with Crippen LogP contribution in [-0.2, 0) is 0 Å². The van der Waals surface area contributed by atoms with Crippen molar-refractivity contribution in [3.63, 3.8) is 0 Å². The third kappa shape index (κ3) is 5.89. The summed E-state index contributed by atoms with van der Waals surface area (Å²) in [6.45, 7) is 5.83. The molecule has 0 saturated carbocycles. The smallest absolute Gasteiger partial charge is 0.269 e. The highest BCUT2D eigenvalue weighted by Crippen LogP contribution is 2.24. The number of anilines is 1. The van der Waals surface area contributed by atoms with Crippen molar-refractivity contribution in [2.45, 2.75) is 26.7 Å². The van der Waals surface area contributed by atoms with Gasteiger partial charge in [-0.2, -0.15) is 0 Å². The maximum atomic E-state index is 13.4. The van der Waals surface area contributed by atoms with Crippen molar-refractivity contribution in [3.05, 3.63) is 93.0 Å². The number of aryl methyl sites for hydroxylation is 2. The Morgan fingerprint density at radius 2 is 1.54 bits per heavy atom. The summed E-state index contributed by atoms with van der Waals surface area (Å²) in [5.41, 5.74) is 2.69. The largest absolute Gasteiger partial charge is 0.357 e. The fourth-order valence-electron chi connectivity index (χ4n) is 3.80. The minimum Gasteiger partial charge on any atom is -0.357 e. The highest BCUT2D eigenvalue weighted by molar-refractivity contribution is 6.30. The number of aromatic amines is 1. The SMILES string of the molecule is Cc1ccc(F)cc1-c1ncc(Cl)c(=O)[nH]1.Cc1ccc(F)cc1-c1nccc(N2CCCC2)n1. The zero-order chi connectivity index (χ0) is 24.9. The van der Waals surface area contributed by atoms with Gasteiger partial charge in [0.05, 0.1) is 6.20 Å². The first-order chi connectivity index (χ1) is 16.8. The maximum absolute atomic E-state index is 13.4. The van der Waals surface area contributed by atoms with E-state index < -0.39 is 5.56 Å². The normalized spacial score (nSPS) is 12.9. The van der Waals surface area contributed by atoms with Crippen LogP contribution in [0.3, 0.4) is 0 Å². The highest BCUT2D eigenvalue weighted by Gasteiger charge is 2.15. The van der Waals surface area contributed by atoms with Crippen molar-refractivity contribution in [2.24, 2.45) is 0 Å². The molecule has 9 heteroatoms. The topological polar surface area (TPSA) is 74.8 Å². The standard InChI is InChI=1S/C15H16FN3.C11H8ClFN2O/c1-11-4-5-12(16)10-13(11)15-17-7-6-14(18-15)19-8-2-3-9-19;1-6-2-3-7(13)4-8(6)10-14-5-9(12)11(16)15-10/h4-7,10H,2-3,8-9H2,1H3;2-5H,1H3,(H,14,15,16). The van der Waals surface area contributed by atoms with Gasteiger partial charge in [0.15, 0.2) is 5.82 Å². The van der Waals surface area contributed by atoms with Gasteiger partial charge in [-0.15, -0.1) is 0 Å². The zero-order valence-electron chi connectivity index (χ0n) is 19.4. The first kappa shape index (κ1) is 24.5. The van der Waals surface area contributed by atoms with Gasteiger partial charge in [0.25, 0.3) is 5.56 Å². The van der Waals surface area contributed by atoms with E-state index in [2.05, 4.69) is 24.8 Å². The molecule has 0 aliphatic carbocycles. The molecule has 0 amide bonds. The van der Waals surface area contributed by atoms with Gasteiger partial charge in [0.2, 0.25) is 0 Å². The van der Waals surface area contributed by atoms with Crippen LogP contribution in [0, 0.1) is 25.5 Å². The quantitative estimate of drug-likeness (QED) is 0.393. The minimum absolute atomic E-state index is 0.0119. The molecule has 35 heavy (non-hydrogen) atoms. The van der Waals surface area contributed by atoms with Crippen molar-refractivity contribution >= 4 is 17.4 Å². The first-order valence-corrected chi connectivity index (χ1v) is 11.6. The van der Waals surface area contributed by atoms with E-state index >= 15 is 0 Å². The van der Waals surface area contributed by atoms with E-state index in [0.717, 1.165) is 35.6 Å². The highest BCUT2D eigenvalue weighted by atomic mass is 35.5. The summed E-state index contributed by atoms with van der Waals surface area (Å²) < 4.78 is 26.4. The molecule has 6 nitrogen and oxygen atoms in total. The molecule has 4 aromatic rings. The van der Waals surface area contributed by atoms with Gasteiger partial charge in [-0.1, -0.05) is 23.7 Å². The summed E-state index contributed by atoms with van der Waals surface area (Å²) in [4.78, 5) is 28.8. The van der Waals surface area contributed by atoms with E-state index in [4.69, 9.17) is 11.6 Å². The van der Waals surface area contributed by atoms with Gasteiger partial charge in [0, 0.05) is 30.4 Å². The van der Waals surface area contributed by atoms with Crippen molar-refractivity contribution in [1.82, 2.24) is 19.9 Å². The summed E-state index contributed by atoms with van der Waals surface area (Å²) in [7, 11) is 0. The molecule has 1 aliphatic heterocycles. The summed E-state index contributed by atoms with van der Waals surface area (Å²) in [5, 5.41) is 0.0119. The Morgan fingerprint density at radius 3 is 2.20 bits per heavy atom. The Labute approximate surface area is 206 Å². The molecule has 1 aliphatic rings. The van der Waals surface area contributed by atoms with E-state index in [-0.39, 0.29) is 16.7 Å². The molecule has 2 aromatic carbocycles. The predicted molar refractivity (Wildman–Crippen MR) is 134 cm³/mol. The number of hydrogen-bond donors (Lipinski definition) is 1. The molecule has 0 atom stereocenters. The molecule has 0 bridgehead atoms. The molecular formula is C26H24ClF2N5O. The van der Waals surface area contributed by atoms with Crippen LogP contribution in [0.5, 0.6) is 0 Å². The lowest BCUT2D eigenvalue weighted by atomic mass is 10.1. The molecule has 2 aromatic heterocycles. The van der Waals surface area contributed by atoms with Gasteiger partial charge in [-0.3, -0.25) is 4.79 Å². The monoisotopic (exact) mass is 495 g/mol. The van der Waals surface area contributed by atoms with E-state index in [9.17, 15) is 13.6 Å². The molecule has 1 N–H and O–H groups in total. The lowest BCUT2D eigenvalue weighted by molar-refractivity contribution is 0.627. The number of halogens is 3. The second kappa shape index (κ2) is 10.7. The Hall–Kier alpha value is -3.65. The summed E-state index contributed by atoms with van der Waals surface area (Å²) in [5.74, 6) is 1.22. The second-order valence-corrected chi connectivity index (χ2v) is 8.67. The van der Waals surface area contributed by atoms with Crippen LogP contribution in [0.25, 0.3) is 22.8 Å². The van der Waals surface area contributed by atoms with E-state index in [1.165, 1.54) is 43.3 Å². The average Bonchev–Trinajstić information content (AvgIpc) is 3.40. The molecule has 1 saturated heterocycles. The lowest BCUT2D eigenvalue weighted by Gasteiger charge is -2.16. The van der Waals surface area contributed by atoms with Crippen LogP contribution < -0.4 is 10.5 Å². The number of nitrogens with one attached hydrogen (secondary N) is 1. The summed E-state index contributed by atoms with van der Waals surface area (Å²) in [6, 6.07) is 10.9. The minimum atomic E-state index is -0.435.